The topological polar surface area (TPSA) is 79.8 Å². The van der Waals surface area contributed by atoms with Gasteiger partial charge in [0.15, 0.2) is 0 Å². The third-order valence-corrected chi connectivity index (χ3v) is 5.10. The number of nitrogens with zero attached hydrogens (tertiary/aromatic N) is 1. The van der Waals surface area contributed by atoms with Crippen molar-refractivity contribution in [1.82, 2.24) is 5.32 Å². The van der Waals surface area contributed by atoms with Crippen LogP contribution in [0.3, 0.4) is 0 Å². The Morgan fingerprint density at radius 1 is 1.14 bits per heavy atom. The first-order chi connectivity index (χ1) is 14.0. The Morgan fingerprint density at radius 2 is 1.90 bits per heavy atom. The van der Waals surface area contributed by atoms with Gasteiger partial charge < -0.3 is 15.5 Å². The molecule has 2 aromatic carbocycles. The van der Waals surface area contributed by atoms with E-state index in [0.717, 1.165) is 24.1 Å². The summed E-state index contributed by atoms with van der Waals surface area (Å²) in [6, 6.07) is 13.2. The lowest BCUT2D eigenvalue weighted by atomic mass is 10.0. The highest BCUT2D eigenvalue weighted by atomic mass is 19.1. The van der Waals surface area contributed by atoms with Crippen molar-refractivity contribution in [1.29, 1.82) is 0 Å². The van der Waals surface area contributed by atoms with Gasteiger partial charge in [-0.2, -0.15) is 0 Å². The highest BCUT2D eigenvalue weighted by molar-refractivity contribution is 6.04. The molecule has 0 saturated heterocycles. The van der Waals surface area contributed by atoms with E-state index in [2.05, 4.69) is 15.8 Å². The minimum atomic E-state index is -0.743. The fourth-order valence-electron chi connectivity index (χ4n) is 3.19. The zero-order valence-corrected chi connectivity index (χ0v) is 16.0. The molecular weight excluding hydrogens is 373 g/mol. The monoisotopic (exact) mass is 395 g/mol. The molecule has 2 amide bonds. The first-order valence-corrected chi connectivity index (χ1v) is 9.69. The van der Waals surface area contributed by atoms with Gasteiger partial charge in [0.25, 0.3) is 5.91 Å². The van der Waals surface area contributed by atoms with Gasteiger partial charge in [0, 0.05) is 23.6 Å². The summed E-state index contributed by atoms with van der Waals surface area (Å²) in [4.78, 5) is 29.6. The molecule has 1 saturated carbocycles. The van der Waals surface area contributed by atoms with Crippen molar-refractivity contribution in [3.8, 4) is 0 Å². The Hall–Kier alpha value is -3.22. The van der Waals surface area contributed by atoms with Gasteiger partial charge in [-0.05, 0) is 49.6 Å². The highest BCUT2D eigenvalue weighted by Gasteiger charge is 2.30. The molecule has 1 fully saturated rings. The SMILES string of the molecule is C[C@@H](NC(=O)[C@H]1CC(c2cccc(F)c2)=NO1)c1ccc(NC(=O)C2CC2)cc1. The summed E-state index contributed by atoms with van der Waals surface area (Å²) in [5.41, 5.74) is 2.81. The zero-order valence-electron chi connectivity index (χ0n) is 16.0. The van der Waals surface area contributed by atoms with Crippen LogP contribution in [0.2, 0.25) is 0 Å². The molecule has 4 rings (SSSR count). The maximum atomic E-state index is 13.4. The summed E-state index contributed by atoms with van der Waals surface area (Å²) in [5.74, 6) is -0.423. The van der Waals surface area contributed by atoms with Crippen molar-refractivity contribution in [2.75, 3.05) is 5.32 Å². The van der Waals surface area contributed by atoms with Gasteiger partial charge in [-0.25, -0.2) is 4.39 Å². The van der Waals surface area contributed by atoms with Crippen LogP contribution in [0.25, 0.3) is 0 Å². The third kappa shape index (κ3) is 4.62. The molecule has 0 unspecified atom stereocenters. The molecule has 7 heteroatoms. The summed E-state index contributed by atoms with van der Waals surface area (Å²) in [6.45, 7) is 1.87. The highest BCUT2D eigenvalue weighted by Crippen LogP contribution is 2.30. The van der Waals surface area contributed by atoms with E-state index >= 15 is 0 Å². The molecule has 0 radical (unpaired) electrons. The normalized spacial score (nSPS) is 19.1. The summed E-state index contributed by atoms with van der Waals surface area (Å²) < 4.78 is 13.4. The molecule has 1 heterocycles. The van der Waals surface area contributed by atoms with Gasteiger partial charge in [0.05, 0.1) is 11.8 Å². The van der Waals surface area contributed by atoms with E-state index in [1.165, 1.54) is 12.1 Å². The number of hydrogen-bond acceptors (Lipinski definition) is 4. The van der Waals surface area contributed by atoms with E-state index in [-0.39, 0.29) is 36.0 Å². The van der Waals surface area contributed by atoms with Crippen LogP contribution in [0.15, 0.2) is 53.7 Å². The summed E-state index contributed by atoms with van der Waals surface area (Å²) in [5, 5.41) is 9.74. The molecule has 2 N–H and O–H groups in total. The molecule has 1 aliphatic carbocycles. The number of amides is 2. The van der Waals surface area contributed by atoms with E-state index in [4.69, 9.17) is 4.84 Å². The number of hydrogen-bond donors (Lipinski definition) is 2. The summed E-state index contributed by atoms with van der Waals surface area (Å²) in [6.07, 6.45) is 1.46. The van der Waals surface area contributed by atoms with Gasteiger partial charge in [0.2, 0.25) is 12.0 Å². The Labute approximate surface area is 168 Å². The fourth-order valence-corrected chi connectivity index (χ4v) is 3.19. The largest absolute Gasteiger partial charge is 0.382 e. The molecule has 0 spiro atoms. The molecular formula is C22H22FN3O3. The lowest BCUT2D eigenvalue weighted by Crippen LogP contribution is -2.36. The molecule has 0 aromatic heterocycles. The van der Waals surface area contributed by atoms with E-state index in [9.17, 15) is 14.0 Å². The second-order valence-corrected chi connectivity index (χ2v) is 7.46. The van der Waals surface area contributed by atoms with Gasteiger partial charge in [0.1, 0.15) is 5.82 Å². The second kappa shape index (κ2) is 8.03. The van der Waals surface area contributed by atoms with Crippen LogP contribution in [-0.4, -0.2) is 23.6 Å². The van der Waals surface area contributed by atoms with Gasteiger partial charge >= 0.3 is 0 Å². The Bertz CT molecular complexity index is 954. The first kappa shape index (κ1) is 19.1. The van der Waals surface area contributed by atoms with Crippen molar-refractivity contribution in [3.05, 3.63) is 65.5 Å². The standard InChI is InChI=1S/C22H22FN3O3/c1-13(14-7-9-18(10-8-14)25-21(27)15-5-6-15)24-22(28)20-12-19(26-29-20)16-3-2-4-17(23)11-16/h2-4,7-11,13,15,20H,5-6,12H2,1H3,(H,24,28)(H,25,27)/t13-,20-/m1/s1. The predicted molar refractivity (Wildman–Crippen MR) is 107 cm³/mol. The van der Waals surface area contributed by atoms with Crippen molar-refractivity contribution >= 4 is 23.2 Å². The van der Waals surface area contributed by atoms with E-state index in [0.29, 0.717) is 11.3 Å². The first-order valence-electron chi connectivity index (χ1n) is 9.69. The molecule has 6 nitrogen and oxygen atoms in total. The molecule has 0 bridgehead atoms. The minimum absolute atomic E-state index is 0.0617. The number of carbonyl (C=O) groups excluding carboxylic acids is 2. The molecule has 1 aliphatic heterocycles. The van der Waals surface area contributed by atoms with E-state index in [1.807, 2.05) is 31.2 Å². The van der Waals surface area contributed by atoms with E-state index in [1.54, 1.807) is 12.1 Å². The van der Waals surface area contributed by atoms with Crippen LogP contribution in [0.4, 0.5) is 10.1 Å². The summed E-state index contributed by atoms with van der Waals surface area (Å²) >= 11 is 0. The minimum Gasteiger partial charge on any atom is -0.382 e. The van der Waals surface area contributed by atoms with Gasteiger partial charge in [-0.1, -0.05) is 29.4 Å². The quantitative estimate of drug-likeness (QED) is 0.785. The number of anilines is 1. The Kier molecular flexibility index (Phi) is 5.29. The number of nitrogens with one attached hydrogen (secondary N) is 2. The number of halogens is 1. The molecule has 29 heavy (non-hydrogen) atoms. The van der Waals surface area contributed by atoms with Crippen LogP contribution in [0.1, 0.15) is 43.4 Å². The Balaban J connectivity index is 1.31. The average Bonchev–Trinajstić information content (AvgIpc) is 3.45. The van der Waals surface area contributed by atoms with Crippen molar-refractivity contribution in [2.24, 2.45) is 11.1 Å². The van der Waals surface area contributed by atoms with Crippen molar-refractivity contribution in [2.45, 2.75) is 38.3 Å². The average molecular weight is 395 g/mol. The zero-order chi connectivity index (χ0) is 20.4. The predicted octanol–water partition coefficient (Wildman–Crippen LogP) is 3.54. The molecule has 150 valence electrons. The van der Waals surface area contributed by atoms with Gasteiger partial charge in [-0.3, -0.25) is 9.59 Å². The third-order valence-electron chi connectivity index (χ3n) is 5.10. The lowest BCUT2D eigenvalue weighted by Gasteiger charge is -2.17. The smallest absolute Gasteiger partial charge is 0.264 e. The Morgan fingerprint density at radius 3 is 2.59 bits per heavy atom. The maximum Gasteiger partial charge on any atom is 0.264 e. The number of rotatable bonds is 6. The molecule has 2 atom stereocenters. The van der Waals surface area contributed by atoms with Gasteiger partial charge in [-0.15, -0.1) is 0 Å². The van der Waals surface area contributed by atoms with Crippen LogP contribution >= 0.6 is 0 Å². The number of carbonyl (C=O) groups is 2. The fraction of sp³-hybridized carbons (Fsp3) is 0.318. The molecule has 2 aliphatic rings. The van der Waals surface area contributed by atoms with Crippen LogP contribution in [-0.2, 0) is 14.4 Å². The lowest BCUT2D eigenvalue weighted by molar-refractivity contribution is -0.131. The second-order valence-electron chi connectivity index (χ2n) is 7.46. The van der Waals surface area contributed by atoms with Crippen LogP contribution in [0, 0.1) is 11.7 Å². The summed E-state index contributed by atoms with van der Waals surface area (Å²) in [7, 11) is 0. The van der Waals surface area contributed by atoms with E-state index < -0.39 is 6.10 Å². The number of benzene rings is 2. The van der Waals surface area contributed by atoms with Crippen LogP contribution in [0.5, 0.6) is 0 Å². The maximum absolute atomic E-state index is 13.4. The number of oxime groups is 1. The molecule has 2 aromatic rings. The van der Waals surface area contributed by atoms with Crippen molar-refractivity contribution in [3.63, 3.8) is 0 Å². The van der Waals surface area contributed by atoms with Crippen molar-refractivity contribution < 1.29 is 18.8 Å². The van der Waals surface area contributed by atoms with Crippen LogP contribution < -0.4 is 10.6 Å².